The third-order valence-electron chi connectivity index (χ3n) is 4.81. The maximum absolute atomic E-state index is 10.3. The van der Waals surface area contributed by atoms with Gasteiger partial charge in [-0.15, -0.1) is 0 Å². The lowest BCUT2D eigenvalue weighted by atomic mass is 9.88. The van der Waals surface area contributed by atoms with Crippen LogP contribution in [0.4, 0.5) is 0 Å². The molecule has 0 radical (unpaired) electrons. The number of hydrogen-bond donors (Lipinski definition) is 4. The fraction of sp³-hybridized carbons (Fsp3) is 0.625. The molecule has 2 fully saturated rings. The van der Waals surface area contributed by atoms with E-state index in [0.29, 0.717) is 11.5 Å². The van der Waals surface area contributed by atoms with Crippen molar-refractivity contribution in [2.45, 2.75) is 31.7 Å². The quantitative estimate of drug-likeness (QED) is 0.685. The fourth-order valence-electron chi connectivity index (χ4n) is 3.86. The van der Waals surface area contributed by atoms with Crippen molar-refractivity contribution >= 4 is 0 Å². The first-order chi connectivity index (χ1) is 10.2. The van der Waals surface area contributed by atoms with Crippen LogP contribution in [0.1, 0.15) is 37.3 Å². The topological polar surface area (TPSA) is 76.0 Å². The lowest BCUT2D eigenvalue weighted by Crippen LogP contribution is -2.46. The van der Waals surface area contributed by atoms with Crippen molar-refractivity contribution < 1.29 is 15.3 Å². The summed E-state index contributed by atoms with van der Waals surface area (Å²) in [7, 11) is 0. The Labute approximate surface area is 125 Å². The maximum Gasteiger partial charge on any atom is 0.127 e. The van der Waals surface area contributed by atoms with Crippen molar-refractivity contribution in [3.8, 4) is 17.2 Å². The zero-order valence-corrected chi connectivity index (χ0v) is 12.3. The molecule has 0 aromatic heterocycles. The van der Waals surface area contributed by atoms with Crippen LogP contribution >= 0.6 is 0 Å². The van der Waals surface area contributed by atoms with Gasteiger partial charge in [-0.25, -0.2) is 0 Å². The average molecular weight is 292 g/mol. The van der Waals surface area contributed by atoms with Gasteiger partial charge in [0.25, 0.3) is 0 Å². The molecule has 1 atom stereocenters. The van der Waals surface area contributed by atoms with Crippen LogP contribution in [-0.2, 0) is 0 Å². The molecule has 2 aliphatic rings. The Bertz CT molecular complexity index is 471. The number of phenols is 3. The van der Waals surface area contributed by atoms with Gasteiger partial charge < -0.3 is 20.6 Å². The van der Waals surface area contributed by atoms with Gasteiger partial charge in [0.05, 0.1) is 5.56 Å². The first-order valence-corrected chi connectivity index (χ1v) is 7.86. The zero-order valence-electron chi connectivity index (χ0n) is 12.3. The number of phenolic OH excluding ortho intramolecular Hbond substituents is 3. The van der Waals surface area contributed by atoms with Crippen LogP contribution in [0.3, 0.4) is 0 Å². The molecule has 5 heteroatoms. The van der Waals surface area contributed by atoms with E-state index in [1.807, 2.05) is 0 Å². The van der Waals surface area contributed by atoms with Crippen molar-refractivity contribution in [3.63, 3.8) is 0 Å². The van der Waals surface area contributed by atoms with Crippen LogP contribution in [0.25, 0.3) is 0 Å². The predicted octanol–water partition coefficient (Wildman–Crippen LogP) is 1.94. The minimum atomic E-state index is -0.0979. The summed E-state index contributed by atoms with van der Waals surface area (Å²) in [6.07, 6.45) is 4.70. The molecule has 0 spiro atoms. The lowest BCUT2D eigenvalue weighted by Gasteiger charge is -2.39. The van der Waals surface area contributed by atoms with E-state index in [1.54, 1.807) is 0 Å². The summed E-state index contributed by atoms with van der Waals surface area (Å²) in [4.78, 5) is 2.36. The van der Waals surface area contributed by atoms with E-state index in [2.05, 4.69) is 10.2 Å². The Morgan fingerprint density at radius 3 is 2.14 bits per heavy atom. The van der Waals surface area contributed by atoms with E-state index in [4.69, 9.17) is 0 Å². The van der Waals surface area contributed by atoms with Crippen LogP contribution < -0.4 is 5.32 Å². The second-order valence-corrected chi connectivity index (χ2v) is 6.17. The van der Waals surface area contributed by atoms with Gasteiger partial charge in [0, 0.05) is 44.4 Å². The summed E-state index contributed by atoms with van der Waals surface area (Å²) in [5, 5.41) is 33.4. The number of piperazine rings is 1. The highest BCUT2D eigenvalue weighted by molar-refractivity contribution is 5.50. The molecule has 0 bridgehead atoms. The van der Waals surface area contributed by atoms with Gasteiger partial charge in [0.1, 0.15) is 17.2 Å². The van der Waals surface area contributed by atoms with Crippen LogP contribution in [0.2, 0.25) is 0 Å². The number of nitrogens with zero attached hydrogens (tertiary/aromatic N) is 1. The molecule has 116 valence electrons. The van der Waals surface area contributed by atoms with Crippen LogP contribution in [0.5, 0.6) is 17.2 Å². The summed E-state index contributed by atoms with van der Waals surface area (Å²) >= 11 is 0. The molecule has 1 saturated heterocycles. The average Bonchev–Trinajstić information content (AvgIpc) is 2.97. The first kappa shape index (κ1) is 14.5. The minimum Gasteiger partial charge on any atom is -0.508 e. The van der Waals surface area contributed by atoms with Crippen LogP contribution in [-0.4, -0.2) is 46.4 Å². The van der Waals surface area contributed by atoms with E-state index in [1.165, 1.54) is 25.0 Å². The summed E-state index contributed by atoms with van der Waals surface area (Å²) in [6.45, 7) is 3.70. The normalized spacial score (nSPS) is 22.5. The van der Waals surface area contributed by atoms with Crippen molar-refractivity contribution in [2.24, 2.45) is 5.92 Å². The van der Waals surface area contributed by atoms with Crippen LogP contribution in [0, 0.1) is 5.92 Å². The molecule has 1 saturated carbocycles. The second kappa shape index (κ2) is 6.12. The summed E-state index contributed by atoms with van der Waals surface area (Å²) in [6, 6.07) is 2.70. The highest BCUT2D eigenvalue weighted by atomic mass is 16.3. The maximum atomic E-state index is 10.3. The third-order valence-corrected chi connectivity index (χ3v) is 4.81. The standard InChI is InChI=1S/C16H24N2O3/c19-12-9-13(20)15(14(21)10-12)16(11-3-1-2-4-11)18-7-5-17-6-8-18/h9-11,16-17,19-21H,1-8H2/t16-/m0/s1. The van der Waals surface area contributed by atoms with Gasteiger partial charge in [-0.3, -0.25) is 4.90 Å². The van der Waals surface area contributed by atoms with Gasteiger partial charge in [-0.2, -0.15) is 0 Å². The third kappa shape index (κ3) is 2.94. The SMILES string of the molecule is Oc1cc(O)c([C@H](C2CCCC2)N2CCNCC2)c(O)c1. The molecule has 1 heterocycles. The predicted molar refractivity (Wildman–Crippen MR) is 80.6 cm³/mol. The van der Waals surface area contributed by atoms with E-state index < -0.39 is 0 Å². The summed E-state index contributed by atoms with van der Waals surface area (Å²) in [5.41, 5.74) is 0.585. The Balaban J connectivity index is 1.97. The highest BCUT2D eigenvalue weighted by Gasteiger charge is 2.35. The van der Waals surface area contributed by atoms with Gasteiger partial charge in [-0.05, 0) is 18.8 Å². The number of hydrogen-bond acceptors (Lipinski definition) is 5. The highest BCUT2D eigenvalue weighted by Crippen LogP contribution is 2.46. The summed E-state index contributed by atoms with van der Waals surface area (Å²) < 4.78 is 0. The van der Waals surface area contributed by atoms with Gasteiger partial charge in [0.15, 0.2) is 0 Å². The molecular weight excluding hydrogens is 268 g/mol. The number of benzene rings is 1. The molecule has 3 rings (SSSR count). The Kier molecular flexibility index (Phi) is 4.22. The van der Waals surface area contributed by atoms with Crippen LogP contribution in [0.15, 0.2) is 12.1 Å². The molecule has 1 aromatic carbocycles. The van der Waals surface area contributed by atoms with Crippen molar-refractivity contribution in [1.82, 2.24) is 10.2 Å². The summed E-state index contributed by atoms with van der Waals surface area (Å²) in [5.74, 6) is 0.370. The Hall–Kier alpha value is -1.46. The Morgan fingerprint density at radius 1 is 1.00 bits per heavy atom. The first-order valence-electron chi connectivity index (χ1n) is 7.86. The molecule has 4 N–H and O–H groups in total. The number of rotatable bonds is 3. The van der Waals surface area contributed by atoms with Crippen molar-refractivity contribution in [2.75, 3.05) is 26.2 Å². The second-order valence-electron chi connectivity index (χ2n) is 6.17. The van der Waals surface area contributed by atoms with Gasteiger partial charge >= 0.3 is 0 Å². The lowest BCUT2D eigenvalue weighted by molar-refractivity contribution is 0.121. The Morgan fingerprint density at radius 2 is 1.57 bits per heavy atom. The number of nitrogens with one attached hydrogen (secondary N) is 1. The smallest absolute Gasteiger partial charge is 0.127 e. The molecule has 1 aliphatic carbocycles. The molecule has 0 amide bonds. The monoisotopic (exact) mass is 292 g/mol. The molecular formula is C16H24N2O3. The van der Waals surface area contributed by atoms with Gasteiger partial charge in [-0.1, -0.05) is 12.8 Å². The van der Waals surface area contributed by atoms with E-state index in [0.717, 1.165) is 39.0 Å². The molecule has 1 aromatic rings. The van der Waals surface area contributed by atoms with Crippen molar-refractivity contribution in [3.05, 3.63) is 17.7 Å². The van der Waals surface area contributed by atoms with E-state index >= 15 is 0 Å². The van der Waals surface area contributed by atoms with Gasteiger partial charge in [0.2, 0.25) is 0 Å². The zero-order chi connectivity index (χ0) is 14.8. The molecule has 0 unspecified atom stereocenters. The van der Waals surface area contributed by atoms with Crippen molar-refractivity contribution in [1.29, 1.82) is 0 Å². The molecule has 1 aliphatic heterocycles. The molecule has 21 heavy (non-hydrogen) atoms. The number of aromatic hydroxyl groups is 3. The largest absolute Gasteiger partial charge is 0.508 e. The fourth-order valence-corrected chi connectivity index (χ4v) is 3.86. The van der Waals surface area contributed by atoms with E-state index in [-0.39, 0.29) is 23.3 Å². The van der Waals surface area contributed by atoms with E-state index in [9.17, 15) is 15.3 Å². The minimum absolute atomic E-state index is 0.00272. The molecule has 5 nitrogen and oxygen atoms in total.